The molecular weight excluding hydrogens is 377 g/mol. The fourth-order valence-corrected chi connectivity index (χ4v) is 2.71. The summed E-state index contributed by atoms with van der Waals surface area (Å²) in [6.07, 6.45) is -1.79. The maximum atomic E-state index is 13.2. The van der Waals surface area contributed by atoms with E-state index in [2.05, 4.69) is 10.0 Å². The maximum Gasteiger partial charge on any atom is 0.417 e. The van der Waals surface area contributed by atoms with E-state index in [1.807, 2.05) is 0 Å². The second-order valence-corrected chi connectivity index (χ2v) is 6.32. The van der Waals surface area contributed by atoms with Gasteiger partial charge in [-0.1, -0.05) is 17.3 Å². The summed E-state index contributed by atoms with van der Waals surface area (Å²) in [5.41, 5.74) is 4.83. The first-order valence-electron chi connectivity index (χ1n) is 7.99. The van der Waals surface area contributed by atoms with E-state index in [0.717, 1.165) is 12.1 Å². The third kappa shape index (κ3) is 3.77. The molecule has 2 rings (SSSR count). The van der Waals surface area contributed by atoms with Gasteiger partial charge in [-0.3, -0.25) is 4.79 Å². The topological polar surface area (TPSA) is 113 Å². The third-order valence-corrected chi connectivity index (χ3v) is 4.22. The van der Waals surface area contributed by atoms with Crippen molar-refractivity contribution in [3.05, 3.63) is 51.9 Å². The van der Waals surface area contributed by atoms with Crippen LogP contribution in [0, 0.1) is 11.3 Å². The van der Waals surface area contributed by atoms with Crippen LogP contribution in [0.4, 0.5) is 23.7 Å². The van der Waals surface area contributed by atoms with Crippen LogP contribution in [0.3, 0.4) is 0 Å². The number of benzene rings is 1. The van der Waals surface area contributed by atoms with Crippen LogP contribution < -0.4 is 4.90 Å². The minimum absolute atomic E-state index is 0.00255. The molecule has 0 atom stereocenters. The van der Waals surface area contributed by atoms with Gasteiger partial charge in [-0.05, 0) is 37.6 Å². The van der Waals surface area contributed by atoms with Crippen molar-refractivity contribution in [2.45, 2.75) is 25.6 Å². The highest BCUT2D eigenvalue weighted by Gasteiger charge is 2.51. The Labute approximate surface area is 158 Å². The molecule has 11 heteroatoms. The lowest BCUT2D eigenvalue weighted by atomic mass is 10.0. The lowest BCUT2D eigenvalue weighted by Crippen LogP contribution is -2.44. The van der Waals surface area contributed by atoms with Gasteiger partial charge in [-0.25, -0.2) is 9.69 Å². The van der Waals surface area contributed by atoms with Gasteiger partial charge in [0.2, 0.25) is 0 Å². The summed E-state index contributed by atoms with van der Waals surface area (Å²) in [4.78, 5) is 29.9. The quantitative estimate of drug-likeness (QED) is 0.248. The molecule has 0 unspecified atom stereocenters. The number of hydrogen-bond donors (Lipinski definition) is 0. The van der Waals surface area contributed by atoms with Crippen molar-refractivity contribution in [1.29, 1.82) is 5.26 Å². The largest absolute Gasteiger partial charge is 0.417 e. The molecule has 0 spiro atoms. The van der Waals surface area contributed by atoms with Crippen molar-refractivity contribution in [3.63, 3.8) is 0 Å². The number of alkyl halides is 3. The Hall–Kier alpha value is -3.51. The molecule has 1 heterocycles. The Kier molecular flexibility index (Phi) is 5.66. The fourth-order valence-electron chi connectivity index (χ4n) is 2.71. The monoisotopic (exact) mass is 392 g/mol. The third-order valence-electron chi connectivity index (χ3n) is 4.22. The number of halogens is 3. The van der Waals surface area contributed by atoms with E-state index in [1.165, 1.54) is 37.0 Å². The minimum Gasteiger partial charge on any atom is -0.306 e. The van der Waals surface area contributed by atoms with E-state index in [1.54, 1.807) is 0 Å². The second kappa shape index (κ2) is 7.62. The summed E-state index contributed by atoms with van der Waals surface area (Å²) < 4.78 is 39.6. The van der Waals surface area contributed by atoms with Gasteiger partial charge in [0.05, 0.1) is 22.9 Å². The van der Waals surface area contributed by atoms with Gasteiger partial charge >= 0.3 is 12.2 Å². The summed E-state index contributed by atoms with van der Waals surface area (Å²) in [5.74, 6) is -0.696. The SMILES string of the molecule is CC1(C)C(=O)N(c2ccc(C#N)c(C(F)(F)F)c2)C(=O)N1C/C=C/CN=[N+]=[N-]. The molecule has 3 amide bonds. The zero-order valence-corrected chi connectivity index (χ0v) is 14.9. The number of hydrogen-bond acceptors (Lipinski definition) is 4. The molecule has 0 radical (unpaired) electrons. The second-order valence-electron chi connectivity index (χ2n) is 6.32. The van der Waals surface area contributed by atoms with Crippen LogP contribution >= 0.6 is 0 Å². The van der Waals surface area contributed by atoms with Crippen molar-refractivity contribution >= 4 is 17.6 Å². The summed E-state index contributed by atoms with van der Waals surface area (Å²) >= 11 is 0. The average Bonchev–Trinajstić information content (AvgIpc) is 2.79. The molecule has 0 bridgehead atoms. The molecular formula is C17H15F3N6O2. The normalized spacial score (nSPS) is 16.4. The Balaban J connectivity index is 2.40. The van der Waals surface area contributed by atoms with E-state index in [0.29, 0.717) is 11.0 Å². The molecule has 1 fully saturated rings. The van der Waals surface area contributed by atoms with Crippen molar-refractivity contribution in [1.82, 2.24) is 4.90 Å². The average molecular weight is 392 g/mol. The highest BCUT2D eigenvalue weighted by molar-refractivity contribution is 6.23. The number of amides is 3. The van der Waals surface area contributed by atoms with Crippen molar-refractivity contribution in [2.24, 2.45) is 5.11 Å². The molecule has 146 valence electrons. The Morgan fingerprint density at radius 3 is 2.57 bits per heavy atom. The predicted octanol–water partition coefficient (Wildman–Crippen LogP) is 3.99. The lowest BCUT2D eigenvalue weighted by Gasteiger charge is -2.26. The first kappa shape index (κ1) is 20.8. The number of rotatable bonds is 5. The van der Waals surface area contributed by atoms with Crippen LogP contribution in [0.25, 0.3) is 10.4 Å². The number of nitriles is 1. The van der Waals surface area contributed by atoms with Gasteiger partial charge in [0, 0.05) is 18.0 Å². The number of urea groups is 1. The Morgan fingerprint density at radius 1 is 1.32 bits per heavy atom. The Bertz CT molecular complexity index is 926. The molecule has 1 aliphatic rings. The molecule has 0 saturated carbocycles. The molecule has 1 aromatic rings. The predicted molar refractivity (Wildman–Crippen MR) is 93.0 cm³/mol. The van der Waals surface area contributed by atoms with E-state index in [-0.39, 0.29) is 18.8 Å². The minimum atomic E-state index is -4.81. The molecule has 1 aliphatic heterocycles. The molecule has 1 aromatic carbocycles. The number of imide groups is 1. The van der Waals surface area contributed by atoms with E-state index < -0.39 is 34.8 Å². The standard InChI is InChI=1S/C17H15F3N6O2/c1-16(2)14(27)26(15(28)25(16)8-4-3-7-23-24-22)12-6-5-11(10-21)13(9-12)17(18,19)20/h3-6,9H,7-8H2,1-2H3/b4-3+. The van der Waals surface area contributed by atoms with Gasteiger partial charge < -0.3 is 4.90 Å². The van der Waals surface area contributed by atoms with Gasteiger partial charge in [-0.2, -0.15) is 18.4 Å². The van der Waals surface area contributed by atoms with Crippen molar-refractivity contribution < 1.29 is 22.8 Å². The van der Waals surface area contributed by atoms with Crippen LogP contribution in [-0.4, -0.2) is 35.5 Å². The van der Waals surface area contributed by atoms with E-state index in [4.69, 9.17) is 10.8 Å². The van der Waals surface area contributed by atoms with Crippen LogP contribution in [-0.2, 0) is 11.0 Å². The first-order valence-corrected chi connectivity index (χ1v) is 7.99. The van der Waals surface area contributed by atoms with Crippen LogP contribution in [0.1, 0.15) is 25.0 Å². The maximum absolute atomic E-state index is 13.2. The highest BCUT2D eigenvalue weighted by atomic mass is 19.4. The number of carbonyl (C=O) groups is 2. The number of nitrogens with zero attached hydrogens (tertiary/aromatic N) is 6. The summed E-state index contributed by atoms with van der Waals surface area (Å²) in [7, 11) is 0. The lowest BCUT2D eigenvalue weighted by molar-refractivity contribution is -0.137. The van der Waals surface area contributed by atoms with Crippen molar-refractivity contribution in [2.75, 3.05) is 18.0 Å². The zero-order chi connectivity index (χ0) is 21.1. The number of azide groups is 1. The van der Waals surface area contributed by atoms with Crippen LogP contribution in [0.2, 0.25) is 0 Å². The zero-order valence-electron chi connectivity index (χ0n) is 14.9. The summed E-state index contributed by atoms with van der Waals surface area (Å²) in [5, 5.41) is 12.2. The molecule has 8 nitrogen and oxygen atoms in total. The van der Waals surface area contributed by atoms with Gasteiger partial charge in [0.1, 0.15) is 5.54 Å². The number of carbonyl (C=O) groups excluding carboxylic acids is 2. The molecule has 0 N–H and O–H groups in total. The van der Waals surface area contributed by atoms with Gasteiger partial charge in [0.25, 0.3) is 5.91 Å². The summed E-state index contributed by atoms with van der Waals surface area (Å²) in [6.45, 7) is 3.00. The molecule has 0 aromatic heterocycles. The smallest absolute Gasteiger partial charge is 0.306 e. The highest BCUT2D eigenvalue weighted by Crippen LogP contribution is 2.37. The van der Waals surface area contributed by atoms with Crippen molar-refractivity contribution in [3.8, 4) is 6.07 Å². The van der Waals surface area contributed by atoms with E-state index in [9.17, 15) is 22.8 Å². The van der Waals surface area contributed by atoms with Crippen LogP contribution in [0.5, 0.6) is 0 Å². The summed E-state index contributed by atoms with van der Waals surface area (Å²) in [6, 6.07) is 3.33. The molecule has 28 heavy (non-hydrogen) atoms. The van der Waals surface area contributed by atoms with Gasteiger partial charge in [-0.15, -0.1) is 0 Å². The van der Waals surface area contributed by atoms with Gasteiger partial charge in [0.15, 0.2) is 0 Å². The van der Waals surface area contributed by atoms with Crippen LogP contribution in [0.15, 0.2) is 35.5 Å². The first-order chi connectivity index (χ1) is 13.1. The molecule has 0 aliphatic carbocycles. The Morgan fingerprint density at radius 2 is 2.00 bits per heavy atom. The molecule has 1 saturated heterocycles. The van der Waals surface area contributed by atoms with E-state index >= 15 is 0 Å². The fraction of sp³-hybridized carbons (Fsp3) is 0.353. The number of anilines is 1.